The number of hydrogen-bond acceptors (Lipinski definition) is 3. The van der Waals surface area contributed by atoms with Crippen LogP contribution in [-0.4, -0.2) is 30.9 Å². The number of nitrogens with two attached hydrogens (primary N) is 1. The van der Waals surface area contributed by atoms with Crippen LogP contribution >= 0.6 is 0 Å². The summed E-state index contributed by atoms with van der Waals surface area (Å²) in [6.45, 7) is 7.17. The number of amides is 2. The van der Waals surface area contributed by atoms with E-state index in [9.17, 15) is 9.59 Å². The van der Waals surface area contributed by atoms with E-state index in [0.717, 1.165) is 6.42 Å². The second-order valence-corrected chi connectivity index (χ2v) is 4.94. The molecule has 0 aliphatic heterocycles. The molecule has 18 heavy (non-hydrogen) atoms. The molecule has 0 spiro atoms. The smallest absolute Gasteiger partial charge is 0.220 e. The van der Waals surface area contributed by atoms with Crippen molar-refractivity contribution in [1.29, 1.82) is 0 Å². The Morgan fingerprint density at radius 2 is 1.78 bits per heavy atom. The zero-order valence-electron chi connectivity index (χ0n) is 11.8. The molecule has 106 valence electrons. The van der Waals surface area contributed by atoms with Crippen LogP contribution in [-0.2, 0) is 9.59 Å². The van der Waals surface area contributed by atoms with Gasteiger partial charge in [0.05, 0.1) is 0 Å². The van der Waals surface area contributed by atoms with Crippen molar-refractivity contribution in [2.24, 2.45) is 11.7 Å². The summed E-state index contributed by atoms with van der Waals surface area (Å²) in [5, 5.41) is 5.61. The molecule has 0 saturated carbocycles. The van der Waals surface area contributed by atoms with E-state index < -0.39 is 0 Å². The Balaban J connectivity index is 3.78. The Morgan fingerprint density at radius 1 is 1.17 bits per heavy atom. The Hall–Kier alpha value is -1.10. The van der Waals surface area contributed by atoms with E-state index in [2.05, 4.69) is 24.5 Å². The first-order chi connectivity index (χ1) is 8.49. The van der Waals surface area contributed by atoms with Crippen molar-refractivity contribution in [2.45, 2.75) is 52.5 Å². The first kappa shape index (κ1) is 16.9. The molecule has 2 amide bonds. The molecule has 1 atom stereocenters. The molecular formula is C13H27N3O2. The summed E-state index contributed by atoms with van der Waals surface area (Å²) in [6.07, 6.45) is 2.25. The van der Waals surface area contributed by atoms with Gasteiger partial charge < -0.3 is 16.4 Å². The largest absolute Gasteiger partial charge is 0.356 e. The number of hydrogen-bond donors (Lipinski definition) is 3. The highest BCUT2D eigenvalue weighted by atomic mass is 16.2. The van der Waals surface area contributed by atoms with Gasteiger partial charge in [0.2, 0.25) is 11.8 Å². The lowest BCUT2D eigenvalue weighted by molar-refractivity contribution is -0.122. The minimum Gasteiger partial charge on any atom is -0.356 e. The van der Waals surface area contributed by atoms with Crippen molar-refractivity contribution in [3.05, 3.63) is 0 Å². The summed E-state index contributed by atoms with van der Waals surface area (Å²) in [6, 6.07) is 0.0435. The first-order valence-corrected chi connectivity index (χ1v) is 6.75. The van der Waals surface area contributed by atoms with Gasteiger partial charge in [-0.1, -0.05) is 13.8 Å². The molecular weight excluding hydrogens is 230 g/mol. The van der Waals surface area contributed by atoms with Gasteiger partial charge in [-0.15, -0.1) is 0 Å². The SMILES string of the molecule is CCNC(=O)CCCC(=O)NC(CN)CC(C)C. The highest BCUT2D eigenvalue weighted by Crippen LogP contribution is 2.04. The third-order valence-electron chi connectivity index (χ3n) is 2.59. The maximum absolute atomic E-state index is 11.6. The second kappa shape index (κ2) is 9.88. The summed E-state index contributed by atoms with van der Waals surface area (Å²) >= 11 is 0. The fourth-order valence-corrected chi connectivity index (χ4v) is 1.78. The summed E-state index contributed by atoms with van der Waals surface area (Å²) < 4.78 is 0. The highest BCUT2D eigenvalue weighted by molar-refractivity contribution is 5.78. The molecule has 0 saturated heterocycles. The molecule has 4 N–H and O–H groups in total. The van der Waals surface area contributed by atoms with Crippen molar-refractivity contribution < 1.29 is 9.59 Å². The molecule has 0 aliphatic rings. The molecule has 0 fully saturated rings. The lowest BCUT2D eigenvalue weighted by Gasteiger charge is -2.18. The van der Waals surface area contributed by atoms with Gasteiger partial charge in [0, 0.05) is 32.0 Å². The number of carbonyl (C=O) groups excluding carboxylic acids is 2. The van der Waals surface area contributed by atoms with Crippen LogP contribution < -0.4 is 16.4 Å². The molecule has 0 aromatic heterocycles. The Bertz CT molecular complexity index is 255. The molecule has 5 nitrogen and oxygen atoms in total. The van der Waals surface area contributed by atoms with Gasteiger partial charge in [-0.25, -0.2) is 0 Å². The zero-order valence-corrected chi connectivity index (χ0v) is 11.8. The molecule has 5 heteroatoms. The van der Waals surface area contributed by atoms with Crippen LogP contribution in [0.5, 0.6) is 0 Å². The van der Waals surface area contributed by atoms with Crippen LogP contribution in [0.1, 0.15) is 46.5 Å². The van der Waals surface area contributed by atoms with E-state index in [1.807, 2.05) is 6.92 Å². The molecule has 1 unspecified atom stereocenters. The third-order valence-corrected chi connectivity index (χ3v) is 2.59. The summed E-state index contributed by atoms with van der Waals surface area (Å²) in [7, 11) is 0. The highest BCUT2D eigenvalue weighted by Gasteiger charge is 2.12. The molecule has 0 heterocycles. The maximum atomic E-state index is 11.6. The first-order valence-electron chi connectivity index (χ1n) is 6.75. The normalized spacial score (nSPS) is 12.3. The summed E-state index contributed by atoms with van der Waals surface area (Å²) in [5.74, 6) is 0.493. The van der Waals surface area contributed by atoms with Crippen LogP contribution in [0.15, 0.2) is 0 Å². The predicted octanol–water partition coefficient (Wildman–Crippen LogP) is 0.782. The summed E-state index contributed by atoms with van der Waals surface area (Å²) in [4.78, 5) is 22.8. The van der Waals surface area contributed by atoms with E-state index in [0.29, 0.717) is 38.3 Å². The average molecular weight is 257 g/mol. The van der Waals surface area contributed by atoms with Gasteiger partial charge in [0.25, 0.3) is 0 Å². The van der Waals surface area contributed by atoms with Crippen molar-refractivity contribution in [3.8, 4) is 0 Å². The van der Waals surface area contributed by atoms with Crippen molar-refractivity contribution >= 4 is 11.8 Å². The van der Waals surface area contributed by atoms with Gasteiger partial charge in [-0.3, -0.25) is 9.59 Å². The molecule has 0 radical (unpaired) electrons. The molecule has 0 aromatic rings. The number of nitrogens with one attached hydrogen (secondary N) is 2. The lowest BCUT2D eigenvalue weighted by atomic mass is 10.0. The average Bonchev–Trinajstić information content (AvgIpc) is 2.27. The Morgan fingerprint density at radius 3 is 2.28 bits per heavy atom. The minimum atomic E-state index is -0.0181. The van der Waals surface area contributed by atoms with Crippen molar-refractivity contribution in [1.82, 2.24) is 10.6 Å². The third kappa shape index (κ3) is 8.98. The summed E-state index contributed by atoms with van der Waals surface area (Å²) in [5.41, 5.74) is 5.61. The van der Waals surface area contributed by atoms with E-state index in [1.165, 1.54) is 0 Å². The van der Waals surface area contributed by atoms with E-state index >= 15 is 0 Å². The Labute approximate surface area is 110 Å². The molecule has 0 aliphatic carbocycles. The fraction of sp³-hybridized carbons (Fsp3) is 0.846. The lowest BCUT2D eigenvalue weighted by Crippen LogP contribution is -2.41. The van der Waals surface area contributed by atoms with E-state index in [4.69, 9.17) is 5.73 Å². The quantitative estimate of drug-likeness (QED) is 0.571. The molecule has 0 bridgehead atoms. The monoisotopic (exact) mass is 257 g/mol. The Kier molecular flexibility index (Phi) is 9.28. The molecule has 0 aromatic carbocycles. The maximum Gasteiger partial charge on any atom is 0.220 e. The van der Waals surface area contributed by atoms with Crippen LogP contribution in [0.25, 0.3) is 0 Å². The van der Waals surface area contributed by atoms with Crippen LogP contribution in [0, 0.1) is 5.92 Å². The van der Waals surface area contributed by atoms with Crippen LogP contribution in [0.4, 0.5) is 0 Å². The number of carbonyl (C=O) groups is 2. The van der Waals surface area contributed by atoms with Gasteiger partial charge in [-0.05, 0) is 25.7 Å². The minimum absolute atomic E-state index is 0.00264. The fourth-order valence-electron chi connectivity index (χ4n) is 1.78. The van der Waals surface area contributed by atoms with Gasteiger partial charge in [0.15, 0.2) is 0 Å². The standard InChI is InChI=1S/C13H27N3O2/c1-4-15-12(17)6-5-7-13(18)16-11(9-14)8-10(2)3/h10-11H,4-9,14H2,1-3H3,(H,15,17)(H,16,18). The van der Waals surface area contributed by atoms with Crippen LogP contribution in [0.3, 0.4) is 0 Å². The van der Waals surface area contributed by atoms with Gasteiger partial charge in [-0.2, -0.15) is 0 Å². The predicted molar refractivity (Wildman–Crippen MR) is 73.0 cm³/mol. The van der Waals surface area contributed by atoms with Gasteiger partial charge in [0.1, 0.15) is 0 Å². The van der Waals surface area contributed by atoms with Crippen molar-refractivity contribution in [2.75, 3.05) is 13.1 Å². The van der Waals surface area contributed by atoms with Gasteiger partial charge >= 0.3 is 0 Å². The zero-order chi connectivity index (χ0) is 14.0. The number of rotatable bonds is 9. The van der Waals surface area contributed by atoms with E-state index in [-0.39, 0.29) is 17.9 Å². The second-order valence-electron chi connectivity index (χ2n) is 4.94. The molecule has 0 rings (SSSR count). The van der Waals surface area contributed by atoms with Crippen molar-refractivity contribution in [3.63, 3.8) is 0 Å². The van der Waals surface area contributed by atoms with Crippen LogP contribution in [0.2, 0.25) is 0 Å². The topological polar surface area (TPSA) is 84.2 Å². The van der Waals surface area contributed by atoms with E-state index in [1.54, 1.807) is 0 Å².